The van der Waals surface area contributed by atoms with E-state index in [1.807, 2.05) is 26.1 Å². The Balaban J connectivity index is 0.00000208. The number of hydrogen-bond donors (Lipinski definition) is 2. The summed E-state index contributed by atoms with van der Waals surface area (Å²) in [6, 6.07) is 3.81. The van der Waals surface area contributed by atoms with Gasteiger partial charge in [-0.1, -0.05) is 13.3 Å². The van der Waals surface area contributed by atoms with Gasteiger partial charge in [-0.2, -0.15) is 5.10 Å². The number of fused-ring (bicyclic) bond motifs is 4. The number of aryl methyl sites for hydroxylation is 1. The summed E-state index contributed by atoms with van der Waals surface area (Å²) in [5, 5.41) is 7.34. The van der Waals surface area contributed by atoms with E-state index in [0.717, 1.165) is 48.3 Å². The molecule has 0 unspecified atom stereocenters. The monoisotopic (exact) mass is 421 g/mol. The Morgan fingerprint density at radius 1 is 1.31 bits per heavy atom. The van der Waals surface area contributed by atoms with Crippen LogP contribution in [0, 0.1) is 5.92 Å². The highest BCUT2D eigenvalue weighted by molar-refractivity contribution is 5.96. The maximum atomic E-state index is 12.5. The SMILES string of the molecule is CC[C@@H]1CCC[C@H](N)c2cc(ccn2)-c2c(cnn2C)NC1=O.Cl.Cl.Cl. The van der Waals surface area contributed by atoms with Crippen molar-refractivity contribution in [2.45, 2.75) is 38.6 Å². The Hall–Kier alpha value is -1.34. The number of nitrogens with zero attached hydrogens (tertiary/aromatic N) is 3. The first-order valence-corrected chi connectivity index (χ1v) is 8.15. The number of rotatable bonds is 1. The van der Waals surface area contributed by atoms with Crippen LogP contribution in [0.15, 0.2) is 24.5 Å². The summed E-state index contributed by atoms with van der Waals surface area (Å²) in [6.07, 6.45) is 6.87. The maximum absolute atomic E-state index is 12.5. The predicted octanol–water partition coefficient (Wildman–Crippen LogP) is 3.90. The second-order valence-corrected chi connectivity index (χ2v) is 6.13. The molecule has 2 aromatic rings. The molecule has 146 valence electrons. The van der Waals surface area contributed by atoms with Crippen molar-refractivity contribution in [3.05, 3.63) is 30.2 Å². The Bertz CT molecular complexity index is 722. The van der Waals surface area contributed by atoms with Crippen molar-refractivity contribution < 1.29 is 4.79 Å². The molecule has 0 aromatic carbocycles. The maximum Gasteiger partial charge on any atom is 0.227 e. The number of hydrogen-bond acceptors (Lipinski definition) is 4. The van der Waals surface area contributed by atoms with Gasteiger partial charge in [0.15, 0.2) is 0 Å². The molecule has 1 aliphatic heterocycles. The minimum absolute atomic E-state index is 0. The van der Waals surface area contributed by atoms with Gasteiger partial charge in [-0.05, 0) is 31.4 Å². The first kappa shape index (κ1) is 24.7. The van der Waals surface area contributed by atoms with E-state index in [-0.39, 0.29) is 55.1 Å². The number of anilines is 1. The van der Waals surface area contributed by atoms with Crippen molar-refractivity contribution in [2.24, 2.45) is 18.7 Å². The molecule has 3 rings (SSSR count). The van der Waals surface area contributed by atoms with Crippen LogP contribution in [0.25, 0.3) is 11.3 Å². The molecular formula is C17H26Cl3N5O. The van der Waals surface area contributed by atoms with Gasteiger partial charge in [-0.15, -0.1) is 37.2 Å². The molecule has 2 bridgehead atoms. The van der Waals surface area contributed by atoms with Crippen molar-refractivity contribution in [2.75, 3.05) is 5.32 Å². The summed E-state index contributed by atoms with van der Waals surface area (Å²) in [7, 11) is 1.87. The van der Waals surface area contributed by atoms with E-state index in [9.17, 15) is 4.79 Å². The van der Waals surface area contributed by atoms with Gasteiger partial charge in [-0.25, -0.2) is 0 Å². The fourth-order valence-electron chi connectivity index (χ4n) is 3.16. The summed E-state index contributed by atoms with van der Waals surface area (Å²) in [4.78, 5) is 17.0. The average Bonchev–Trinajstić information content (AvgIpc) is 2.91. The van der Waals surface area contributed by atoms with Crippen LogP contribution in [0.3, 0.4) is 0 Å². The summed E-state index contributed by atoms with van der Waals surface area (Å²) in [5.74, 6) is 0.0613. The Kier molecular flexibility index (Phi) is 10.2. The molecule has 2 atom stereocenters. The molecule has 2 aromatic heterocycles. The number of amides is 1. The highest BCUT2D eigenvalue weighted by atomic mass is 35.5. The zero-order valence-electron chi connectivity index (χ0n) is 14.8. The second kappa shape index (κ2) is 10.7. The van der Waals surface area contributed by atoms with Crippen LogP contribution in [0.2, 0.25) is 0 Å². The van der Waals surface area contributed by atoms with Crippen molar-refractivity contribution in [3.63, 3.8) is 0 Å². The topological polar surface area (TPSA) is 85.8 Å². The number of halogens is 3. The molecular weight excluding hydrogens is 397 g/mol. The molecule has 0 saturated heterocycles. The lowest BCUT2D eigenvalue weighted by Crippen LogP contribution is -2.23. The van der Waals surface area contributed by atoms with Crippen LogP contribution < -0.4 is 11.1 Å². The molecule has 0 spiro atoms. The number of carbonyl (C=O) groups excluding carboxylic acids is 1. The molecule has 6 nitrogen and oxygen atoms in total. The van der Waals surface area contributed by atoms with E-state index in [4.69, 9.17) is 5.73 Å². The first-order valence-electron chi connectivity index (χ1n) is 8.15. The van der Waals surface area contributed by atoms with Crippen LogP contribution in [0.1, 0.15) is 44.3 Å². The van der Waals surface area contributed by atoms with Crippen molar-refractivity contribution in [1.82, 2.24) is 14.8 Å². The number of carbonyl (C=O) groups is 1. The lowest BCUT2D eigenvalue weighted by molar-refractivity contribution is -0.120. The largest absolute Gasteiger partial charge is 0.323 e. The zero-order chi connectivity index (χ0) is 16.4. The molecule has 0 radical (unpaired) electrons. The molecule has 0 fully saturated rings. The number of nitrogens with two attached hydrogens (primary N) is 1. The van der Waals surface area contributed by atoms with E-state index in [1.54, 1.807) is 17.1 Å². The van der Waals surface area contributed by atoms with E-state index >= 15 is 0 Å². The Morgan fingerprint density at radius 3 is 2.73 bits per heavy atom. The third kappa shape index (κ3) is 5.10. The lowest BCUT2D eigenvalue weighted by atomic mass is 9.95. The second-order valence-electron chi connectivity index (χ2n) is 6.13. The fraction of sp³-hybridized carbons (Fsp3) is 0.471. The molecule has 0 saturated carbocycles. The van der Waals surface area contributed by atoms with Crippen LogP contribution in [-0.2, 0) is 11.8 Å². The van der Waals surface area contributed by atoms with Crippen molar-refractivity contribution in [3.8, 4) is 11.3 Å². The van der Waals surface area contributed by atoms with Gasteiger partial charge >= 0.3 is 0 Å². The highest BCUT2D eigenvalue weighted by Crippen LogP contribution is 2.31. The molecule has 9 heteroatoms. The zero-order valence-corrected chi connectivity index (χ0v) is 17.3. The van der Waals surface area contributed by atoms with Crippen LogP contribution in [0.4, 0.5) is 5.69 Å². The van der Waals surface area contributed by atoms with Gasteiger partial charge in [0.25, 0.3) is 0 Å². The number of aromatic nitrogens is 3. The van der Waals surface area contributed by atoms with Gasteiger partial charge in [0, 0.05) is 30.8 Å². The minimum atomic E-state index is -0.105. The van der Waals surface area contributed by atoms with Crippen LogP contribution in [-0.4, -0.2) is 20.7 Å². The van der Waals surface area contributed by atoms with E-state index in [1.165, 1.54) is 0 Å². The Labute approximate surface area is 172 Å². The Morgan fingerprint density at radius 2 is 2.04 bits per heavy atom. The highest BCUT2D eigenvalue weighted by Gasteiger charge is 2.22. The van der Waals surface area contributed by atoms with Crippen molar-refractivity contribution in [1.29, 1.82) is 0 Å². The molecule has 3 heterocycles. The van der Waals surface area contributed by atoms with Gasteiger partial charge in [0.1, 0.15) is 0 Å². The molecule has 1 amide bonds. The molecule has 3 N–H and O–H groups in total. The average molecular weight is 423 g/mol. The normalized spacial score (nSPS) is 19.3. The molecule has 26 heavy (non-hydrogen) atoms. The smallest absolute Gasteiger partial charge is 0.227 e. The lowest BCUT2D eigenvalue weighted by Gasteiger charge is -2.19. The molecule has 1 aliphatic rings. The summed E-state index contributed by atoms with van der Waals surface area (Å²) in [5.41, 5.74) is 9.76. The third-order valence-corrected chi connectivity index (χ3v) is 4.56. The fourth-order valence-corrected chi connectivity index (χ4v) is 3.16. The predicted molar refractivity (Wildman–Crippen MR) is 111 cm³/mol. The van der Waals surface area contributed by atoms with Gasteiger partial charge in [-0.3, -0.25) is 14.5 Å². The van der Waals surface area contributed by atoms with E-state index < -0.39 is 0 Å². The number of nitrogens with one attached hydrogen (secondary N) is 1. The standard InChI is InChI=1S/C17H23N5O.3ClH/c1-3-11-5-4-6-13(18)14-9-12(7-8-19-14)16-15(21-17(11)23)10-20-22(16)2;;;/h7-11,13H,3-6,18H2,1-2H3,(H,21,23);3*1H/t11-,13+;;;/m1.../s1. The van der Waals surface area contributed by atoms with E-state index in [0.29, 0.717) is 0 Å². The van der Waals surface area contributed by atoms with E-state index in [2.05, 4.69) is 15.4 Å². The summed E-state index contributed by atoms with van der Waals surface area (Å²) in [6.45, 7) is 2.05. The third-order valence-electron chi connectivity index (χ3n) is 4.56. The summed E-state index contributed by atoms with van der Waals surface area (Å²) < 4.78 is 1.77. The van der Waals surface area contributed by atoms with Gasteiger partial charge < -0.3 is 11.1 Å². The van der Waals surface area contributed by atoms with Gasteiger partial charge in [0.2, 0.25) is 5.91 Å². The summed E-state index contributed by atoms with van der Waals surface area (Å²) >= 11 is 0. The van der Waals surface area contributed by atoms with Gasteiger partial charge in [0.05, 0.1) is 23.3 Å². The quantitative estimate of drug-likeness (QED) is 0.730. The molecule has 0 aliphatic carbocycles. The van der Waals surface area contributed by atoms with Crippen LogP contribution in [0.5, 0.6) is 0 Å². The first-order chi connectivity index (χ1) is 11.1. The van der Waals surface area contributed by atoms with Crippen molar-refractivity contribution >= 4 is 48.8 Å². The van der Waals surface area contributed by atoms with Crippen LogP contribution >= 0.6 is 37.2 Å². The number of pyridine rings is 1. The minimum Gasteiger partial charge on any atom is -0.323 e.